The first-order valence-corrected chi connectivity index (χ1v) is 9.54. The summed E-state index contributed by atoms with van der Waals surface area (Å²) in [5.74, 6) is 1.11. The Labute approximate surface area is 150 Å². The number of aryl methyl sites for hydroxylation is 1. The number of methoxy groups -OCH3 is 1. The highest BCUT2D eigenvalue weighted by Gasteiger charge is 2.30. The number of ether oxygens (including phenoxy) is 1. The van der Waals surface area contributed by atoms with E-state index in [2.05, 4.69) is 14.8 Å². The summed E-state index contributed by atoms with van der Waals surface area (Å²) in [5.41, 5.74) is 0. The number of fused-ring (bicyclic) bond motifs is 1. The van der Waals surface area contributed by atoms with E-state index in [9.17, 15) is 8.42 Å². The maximum Gasteiger partial charge on any atom is 0.242 e. The van der Waals surface area contributed by atoms with E-state index in [1.807, 2.05) is 0 Å². The van der Waals surface area contributed by atoms with Crippen molar-refractivity contribution in [1.82, 2.24) is 19.5 Å². The van der Waals surface area contributed by atoms with Gasteiger partial charge in [-0.1, -0.05) is 23.2 Å². The van der Waals surface area contributed by atoms with Gasteiger partial charge in [-0.2, -0.15) is 5.10 Å². The van der Waals surface area contributed by atoms with Gasteiger partial charge < -0.3 is 4.74 Å². The molecule has 2 aromatic rings. The minimum Gasteiger partial charge on any atom is -0.377 e. The maximum absolute atomic E-state index is 12.7. The second kappa shape index (κ2) is 6.97. The summed E-state index contributed by atoms with van der Waals surface area (Å²) in [7, 11) is -2.28. The Hall–Kier alpha value is -1.19. The van der Waals surface area contributed by atoms with Gasteiger partial charge in [0.05, 0.1) is 11.1 Å². The monoisotopic (exact) mass is 390 g/mol. The molecule has 3 rings (SSSR count). The quantitative estimate of drug-likeness (QED) is 0.847. The van der Waals surface area contributed by atoms with E-state index in [1.54, 1.807) is 11.8 Å². The number of nitrogens with zero attached hydrogens (tertiary/aromatic N) is 3. The molecule has 24 heavy (non-hydrogen) atoms. The topological polar surface area (TPSA) is 86.1 Å². The van der Waals surface area contributed by atoms with E-state index in [1.165, 1.54) is 18.2 Å². The van der Waals surface area contributed by atoms with Crippen LogP contribution in [0.5, 0.6) is 0 Å². The Bertz CT molecular complexity index is 854. The van der Waals surface area contributed by atoms with E-state index in [0.29, 0.717) is 29.6 Å². The zero-order valence-electron chi connectivity index (χ0n) is 12.9. The van der Waals surface area contributed by atoms with Crippen LogP contribution in [0.1, 0.15) is 30.5 Å². The minimum atomic E-state index is -3.84. The second-order valence-corrected chi connectivity index (χ2v) is 7.96. The van der Waals surface area contributed by atoms with Crippen LogP contribution < -0.4 is 4.72 Å². The van der Waals surface area contributed by atoms with Gasteiger partial charge in [-0.25, -0.2) is 22.8 Å². The number of hydrogen-bond donors (Lipinski definition) is 1. The molecule has 1 N–H and O–H groups in total. The van der Waals surface area contributed by atoms with Gasteiger partial charge in [-0.15, -0.1) is 0 Å². The zero-order valence-corrected chi connectivity index (χ0v) is 15.2. The van der Waals surface area contributed by atoms with Crippen molar-refractivity contribution in [2.24, 2.45) is 0 Å². The van der Waals surface area contributed by atoms with Gasteiger partial charge >= 0.3 is 0 Å². The van der Waals surface area contributed by atoms with Gasteiger partial charge in [0.25, 0.3) is 0 Å². The van der Waals surface area contributed by atoms with E-state index in [4.69, 9.17) is 27.9 Å². The molecule has 0 saturated carbocycles. The molecule has 0 aliphatic carbocycles. The molecule has 0 amide bonds. The third-order valence-corrected chi connectivity index (χ3v) is 5.86. The lowest BCUT2D eigenvalue weighted by atomic mass is 10.1. The number of rotatable bonds is 5. The Morgan fingerprint density at radius 3 is 2.96 bits per heavy atom. The highest BCUT2D eigenvalue weighted by Crippen LogP contribution is 2.29. The van der Waals surface area contributed by atoms with E-state index in [-0.39, 0.29) is 16.5 Å². The summed E-state index contributed by atoms with van der Waals surface area (Å²) < 4.78 is 34.8. The number of benzene rings is 1. The molecule has 7 nitrogen and oxygen atoms in total. The molecule has 1 aliphatic rings. The average molecular weight is 391 g/mol. The molecule has 0 radical (unpaired) electrons. The van der Waals surface area contributed by atoms with Crippen molar-refractivity contribution in [2.45, 2.75) is 36.9 Å². The lowest BCUT2D eigenvalue weighted by molar-refractivity contribution is 0.177. The molecule has 0 bridgehead atoms. The maximum atomic E-state index is 12.7. The Balaban J connectivity index is 1.90. The standard InChI is InChI=1S/C14H16Cl2N4O3S/c1-23-8-13-17-14-11(3-2-6-20(14)18-13)19-24(21,22)12-7-9(15)4-5-10(12)16/h4-5,7,11,19H,2-3,6,8H2,1H3. The van der Waals surface area contributed by atoms with Crippen molar-refractivity contribution >= 4 is 33.2 Å². The molecule has 1 aromatic carbocycles. The summed E-state index contributed by atoms with van der Waals surface area (Å²) in [6.07, 6.45) is 1.42. The Morgan fingerprint density at radius 2 is 2.21 bits per heavy atom. The summed E-state index contributed by atoms with van der Waals surface area (Å²) in [4.78, 5) is 4.33. The third-order valence-electron chi connectivity index (χ3n) is 3.67. The summed E-state index contributed by atoms with van der Waals surface area (Å²) in [6, 6.07) is 3.85. The lowest BCUT2D eigenvalue weighted by Crippen LogP contribution is -2.33. The van der Waals surface area contributed by atoms with Crippen molar-refractivity contribution in [2.75, 3.05) is 7.11 Å². The molecule has 0 spiro atoms. The predicted octanol–water partition coefficient (Wildman–Crippen LogP) is 2.54. The van der Waals surface area contributed by atoms with Crippen LogP contribution in [-0.4, -0.2) is 30.3 Å². The fourth-order valence-electron chi connectivity index (χ4n) is 2.64. The van der Waals surface area contributed by atoms with Crippen molar-refractivity contribution in [1.29, 1.82) is 0 Å². The SMILES string of the molecule is COCc1nc2n(n1)CCCC2NS(=O)(=O)c1cc(Cl)ccc1Cl. The number of nitrogens with one attached hydrogen (secondary N) is 1. The fourth-order valence-corrected chi connectivity index (χ4v) is 4.63. The summed E-state index contributed by atoms with van der Waals surface area (Å²) >= 11 is 11.9. The van der Waals surface area contributed by atoms with Crippen LogP contribution >= 0.6 is 23.2 Å². The number of halogens is 2. The largest absolute Gasteiger partial charge is 0.377 e. The van der Waals surface area contributed by atoms with Crippen molar-refractivity contribution < 1.29 is 13.2 Å². The first-order valence-electron chi connectivity index (χ1n) is 7.30. The van der Waals surface area contributed by atoms with Crippen molar-refractivity contribution in [3.05, 3.63) is 39.9 Å². The average Bonchev–Trinajstić information content (AvgIpc) is 2.93. The van der Waals surface area contributed by atoms with Gasteiger partial charge in [0.15, 0.2) is 5.82 Å². The number of aromatic nitrogens is 3. The molecule has 0 fully saturated rings. The van der Waals surface area contributed by atoms with E-state index in [0.717, 1.165) is 6.42 Å². The second-order valence-electron chi connectivity index (χ2n) is 5.43. The molecular formula is C14H16Cl2N4O3S. The van der Waals surface area contributed by atoms with Gasteiger partial charge in [-0.05, 0) is 31.0 Å². The molecular weight excluding hydrogens is 375 g/mol. The fraction of sp³-hybridized carbons (Fsp3) is 0.429. The summed E-state index contributed by atoms with van der Waals surface area (Å²) in [6.45, 7) is 0.974. The predicted molar refractivity (Wildman–Crippen MR) is 89.5 cm³/mol. The van der Waals surface area contributed by atoms with Crippen molar-refractivity contribution in [3.8, 4) is 0 Å². The molecule has 1 aromatic heterocycles. The van der Waals surface area contributed by atoms with Crippen LogP contribution in [0.15, 0.2) is 23.1 Å². The number of sulfonamides is 1. The Kier molecular flexibility index (Phi) is 5.12. The first kappa shape index (κ1) is 17.6. The van der Waals surface area contributed by atoms with E-state index >= 15 is 0 Å². The van der Waals surface area contributed by atoms with Gasteiger partial charge in [-0.3, -0.25) is 0 Å². The van der Waals surface area contributed by atoms with Gasteiger partial charge in [0, 0.05) is 18.7 Å². The normalized spacial score (nSPS) is 17.7. The van der Waals surface area contributed by atoms with Gasteiger partial charge in [0.1, 0.15) is 17.3 Å². The summed E-state index contributed by atoms with van der Waals surface area (Å²) in [5, 5.41) is 4.74. The van der Waals surface area contributed by atoms with Crippen LogP contribution in [0.3, 0.4) is 0 Å². The zero-order chi connectivity index (χ0) is 17.3. The van der Waals surface area contributed by atoms with Crippen LogP contribution in [0, 0.1) is 0 Å². The molecule has 10 heteroatoms. The highest BCUT2D eigenvalue weighted by molar-refractivity contribution is 7.89. The molecule has 1 atom stereocenters. The lowest BCUT2D eigenvalue weighted by Gasteiger charge is -2.23. The molecule has 1 aliphatic heterocycles. The molecule has 130 valence electrons. The minimum absolute atomic E-state index is 0.0505. The molecule has 0 saturated heterocycles. The van der Waals surface area contributed by atoms with E-state index < -0.39 is 16.1 Å². The van der Waals surface area contributed by atoms with Gasteiger partial charge in [0.2, 0.25) is 10.0 Å². The van der Waals surface area contributed by atoms with Crippen LogP contribution in [0.2, 0.25) is 10.0 Å². The number of hydrogen-bond acceptors (Lipinski definition) is 5. The molecule has 1 unspecified atom stereocenters. The van der Waals surface area contributed by atoms with Crippen LogP contribution in [0.4, 0.5) is 0 Å². The van der Waals surface area contributed by atoms with Crippen molar-refractivity contribution in [3.63, 3.8) is 0 Å². The molecule has 2 heterocycles. The highest BCUT2D eigenvalue weighted by atomic mass is 35.5. The third kappa shape index (κ3) is 3.57. The van der Waals surface area contributed by atoms with Crippen LogP contribution in [-0.2, 0) is 27.9 Å². The van der Waals surface area contributed by atoms with Crippen LogP contribution in [0.25, 0.3) is 0 Å². The Morgan fingerprint density at radius 1 is 1.42 bits per heavy atom. The first-order chi connectivity index (χ1) is 11.4. The smallest absolute Gasteiger partial charge is 0.242 e.